The van der Waals surface area contributed by atoms with E-state index in [4.69, 9.17) is 4.74 Å². The van der Waals surface area contributed by atoms with Gasteiger partial charge in [-0.3, -0.25) is 0 Å². The number of para-hydroxylation sites is 1. The first-order valence-corrected chi connectivity index (χ1v) is 7.54. The Morgan fingerprint density at radius 2 is 2.05 bits per heavy atom. The highest BCUT2D eigenvalue weighted by Crippen LogP contribution is 2.49. The predicted molar refractivity (Wildman–Crippen MR) is 80.7 cm³/mol. The van der Waals surface area contributed by atoms with E-state index >= 15 is 0 Å². The lowest BCUT2D eigenvalue weighted by Gasteiger charge is -2.20. The molecule has 1 saturated carbocycles. The molecular weight excluding hydrogens is 234 g/mol. The van der Waals surface area contributed by atoms with E-state index in [1.165, 1.54) is 37.8 Å². The normalized spacial score (nSPS) is 18.1. The molecule has 1 atom stereocenters. The minimum absolute atomic E-state index is 0.505. The molecule has 1 aromatic rings. The average Bonchev–Trinajstić information content (AvgIpc) is 3.18. The van der Waals surface area contributed by atoms with Crippen LogP contribution in [0.15, 0.2) is 24.3 Å². The van der Waals surface area contributed by atoms with Crippen LogP contribution in [0.1, 0.15) is 45.1 Å². The first kappa shape index (κ1) is 14.4. The first-order chi connectivity index (χ1) is 9.19. The quantitative estimate of drug-likeness (QED) is 0.768. The molecule has 1 aliphatic rings. The zero-order valence-electron chi connectivity index (χ0n) is 12.5. The Morgan fingerprint density at radius 3 is 2.68 bits per heavy atom. The zero-order chi connectivity index (χ0) is 13.7. The van der Waals surface area contributed by atoms with Crippen LogP contribution in [0, 0.1) is 5.41 Å². The molecule has 1 aliphatic carbocycles. The van der Waals surface area contributed by atoms with Crippen LogP contribution in [-0.2, 0) is 6.42 Å². The molecule has 1 N–H and O–H groups in total. The fourth-order valence-electron chi connectivity index (χ4n) is 2.89. The van der Waals surface area contributed by atoms with Crippen LogP contribution in [0.25, 0.3) is 0 Å². The van der Waals surface area contributed by atoms with Gasteiger partial charge in [0.15, 0.2) is 0 Å². The Morgan fingerprint density at radius 1 is 1.32 bits per heavy atom. The number of benzene rings is 1. The minimum atomic E-state index is 0.505. The summed E-state index contributed by atoms with van der Waals surface area (Å²) in [5.74, 6) is 1.01. The Labute approximate surface area is 117 Å². The summed E-state index contributed by atoms with van der Waals surface area (Å²) in [5.41, 5.74) is 1.93. The summed E-state index contributed by atoms with van der Waals surface area (Å²) in [7, 11) is 1.75. The van der Waals surface area contributed by atoms with Crippen LogP contribution in [0.2, 0.25) is 0 Å². The van der Waals surface area contributed by atoms with Gasteiger partial charge in [-0.2, -0.15) is 0 Å². The van der Waals surface area contributed by atoms with Crippen LogP contribution >= 0.6 is 0 Å². The van der Waals surface area contributed by atoms with Crippen molar-refractivity contribution >= 4 is 0 Å². The van der Waals surface area contributed by atoms with Crippen molar-refractivity contribution in [1.82, 2.24) is 5.32 Å². The summed E-state index contributed by atoms with van der Waals surface area (Å²) in [5, 5.41) is 3.71. The molecule has 2 nitrogen and oxygen atoms in total. The second-order valence-electron chi connectivity index (χ2n) is 6.05. The molecule has 0 amide bonds. The van der Waals surface area contributed by atoms with Crippen molar-refractivity contribution in [3.63, 3.8) is 0 Å². The molecule has 0 spiro atoms. The maximum atomic E-state index is 5.41. The van der Waals surface area contributed by atoms with Crippen molar-refractivity contribution in [1.29, 1.82) is 0 Å². The lowest BCUT2D eigenvalue weighted by atomic mass is 9.99. The van der Waals surface area contributed by atoms with Gasteiger partial charge in [0.25, 0.3) is 0 Å². The molecule has 1 unspecified atom stereocenters. The lowest BCUT2D eigenvalue weighted by Crippen LogP contribution is -2.33. The van der Waals surface area contributed by atoms with E-state index in [-0.39, 0.29) is 0 Å². The van der Waals surface area contributed by atoms with Gasteiger partial charge < -0.3 is 10.1 Å². The van der Waals surface area contributed by atoms with Crippen LogP contribution in [0.3, 0.4) is 0 Å². The monoisotopic (exact) mass is 261 g/mol. The first-order valence-electron chi connectivity index (χ1n) is 7.54. The smallest absolute Gasteiger partial charge is 0.122 e. The molecule has 2 rings (SSSR count). The minimum Gasteiger partial charge on any atom is -0.496 e. The molecule has 0 heterocycles. The number of ether oxygens (including phenoxy) is 1. The number of rotatable bonds is 8. The lowest BCUT2D eigenvalue weighted by molar-refractivity contribution is 0.384. The summed E-state index contributed by atoms with van der Waals surface area (Å²) < 4.78 is 5.41. The summed E-state index contributed by atoms with van der Waals surface area (Å²) in [6.45, 7) is 5.74. The molecule has 1 aromatic carbocycles. The Bertz CT molecular complexity index is 398. The molecule has 1 fully saturated rings. The van der Waals surface area contributed by atoms with Crippen molar-refractivity contribution in [3.05, 3.63) is 29.8 Å². The molecule has 0 aliphatic heterocycles. The largest absolute Gasteiger partial charge is 0.496 e. The maximum absolute atomic E-state index is 5.41. The number of hydrogen-bond acceptors (Lipinski definition) is 2. The Hall–Kier alpha value is -1.02. The van der Waals surface area contributed by atoms with E-state index < -0.39 is 0 Å². The molecule has 0 bridgehead atoms. The molecule has 106 valence electrons. The second-order valence-corrected chi connectivity index (χ2v) is 6.05. The fraction of sp³-hybridized carbons (Fsp3) is 0.647. The highest BCUT2D eigenvalue weighted by atomic mass is 16.5. The van der Waals surface area contributed by atoms with E-state index in [2.05, 4.69) is 31.3 Å². The molecule has 0 aromatic heterocycles. The van der Waals surface area contributed by atoms with E-state index in [0.29, 0.717) is 11.5 Å². The summed E-state index contributed by atoms with van der Waals surface area (Å²) in [4.78, 5) is 0. The van der Waals surface area contributed by atoms with E-state index in [9.17, 15) is 0 Å². The average molecular weight is 261 g/mol. The van der Waals surface area contributed by atoms with Gasteiger partial charge in [-0.05, 0) is 49.7 Å². The SMILES string of the molecule is CCCC1(CNC(C)Cc2ccccc2OC)CC1. The van der Waals surface area contributed by atoms with Crippen LogP contribution in [0.5, 0.6) is 5.75 Å². The van der Waals surface area contributed by atoms with Crippen molar-refractivity contribution in [3.8, 4) is 5.75 Å². The van der Waals surface area contributed by atoms with Gasteiger partial charge >= 0.3 is 0 Å². The van der Waals surface area contributed by atoms with Crippen LogP contribution in [0.4, 0.5) is 0 Å². The Kier molecular flexibility index (Phi) is 4.87. The van der Waals surface area contributed by atoms with Crippen molar-refractivity contribution in [2.24, 2.45) is 5.41 Å². The molecular formula is C17H27NO. The van der Waals surface area contributed by atoms with Crippen LogP contribution in [-0.4, -0.2) is 19.7 Å². The predicted octanol–water partition coefficient (Wildman–Crippen LogP) is 3.80. The molecule has 2 heteroatoms. The maximum Gasteiger partial charge on any atom is 0.122 e. The topological polar surface area (TPSA) is 21.3 Å². The van der Waals surface area contributed by atoms with Gasteiger partial charge in [0, 0.05) is 12.6 Å². The van der Waals surface area contributed by atoms with Gasteiger partial charge in [0.2, 0.25) is 0 Å². The summed E-state index contributed by atoms with van der Waals surface area (Å²) in [6, 6.07) is 8.83. The van der Waals surface area contributed by atoms with Gasteiger partial charge in [-0.15, -0.1) is 0 Å². The van der Waals surface area contributed by atoms with E-state index in [0.717, 1.165) is 12.2 Å². The highest BCUT2D eigenvalue weighted by molar-refractivity contribution is 5.33. The fourth-order valence-corrected chi connectivity index (χ4v) is 2.89. The summed E-state index contributed by atoms with van der Waals surface area (Å²) >= 11 is 0. The summed E-state index contributed by atoms with van der Waals surface area (Å²) in [6.07, 6.45) is 6.54. The van der Waals surface area contributed by atoms with Gasteiger partial charge in [0.1, 0.15) is 5.75 Å². The van der Waals surface area contributed by atoms with E-state index in [1.807, 2.05) is 12.1 Å². The third-order valence-corrected chi connectivity index (χ3v) is 4.28. The Balaban J connectivity index is 1.82. The molecule has 19 heavy (non-hydrogen) atoms. The van der Waals surface area contributed by atoms with Crippen molar-refractivity contribution in [2.45, 2.75) is 52.0 Å². The standard InChI is InChI=1S/C17H27NO/c1-4-9-17(10-11-17)13-18-14(2)12-15-7-5-6-8-16(15)19-3/h5-8,14,18H,4,9-13H2,1-3H3. The van der Waals surface area contributed by atoms with E-state index in [1.54, 1.807) is 7.11 Å². The number of nitrogens with one attached hydrogen (secondary N) is 1. The number of hydrogen-bond donors (Lipinski definition) is 1. The van der Waals surface area contributed by atoms with Gasteiger partial charge in [0.05, 0.1) is 7.11 Å². The van der Waals surface area contributed by atoms with Crippen molar-refractivity contribution < 1.29 is 4.74 Å². The van der Waals surface area contributed by atoms with Crippen LogP contribution < -0.4 is 10.1 Å². The third kappa shape index (κ3) is 3.97. The molecule has 0 saturated heterocycles. The second kappa shape index (κ2) is 6.42. The molecule has 0 radical (unpaired) electrons. The zero-order valence-corrected chi connectivity index (χ0v) is 12.5. The highest BCUT2D eigenvalue weighted by Gasteiger charge is 2.41. The number of methoxy groups -OCH3 is 1. The van der Waals surface area contributed by atoms with Gasteiger partial charge in [-0.1, -0.05) is 31.5 Å². The van der Waals surface area contributed by atoms with Crippen molar-refractivity contribution in [2.75, 3.05) is 13.7 Å². The van der Waals surface area contributed by atoms with Gasteiger partial charge in [-0.25, -0.2) is 0 Å². The third-order valence-electron chi connectivity index (χ3n) is 4.28.